The summed E-state index contributed by atoms with van der Waals surface area (Å²) in [4.78, 5) is 4.30. The maximum Gasteiger partial charge on any atom is 0.140 e. The van der Waals surface area contributed by atoms with Gasteiger partial charge in [0.1, 0.15) is 12.2 Å². The largest absolute Gasteiger partial charge is 0.307 e. The van der Waals surface area contributed by atoms with Gasteiger partial charge in [-0.1, -0.05) is 13.8 Å². The zero-order valence-electron chi connectivity index (χ0n) is 11.2. The molecule has 1 saturated carbocycles. The molecule has 0 aromatic carbocycles. The van der Waals surface area contributed by atoms with Crippen molar-refractivity contribution in [3.05, 3.63) is 12.2 Å². The lowest BCUT2D eigenvalue weighted by Gasteiger charge is -2.32. The van der Waals surface area contributed by atoms with Gasteiger partial charge in [0.15, 0.2) is 0 Å². The van der Waals surface area contributed by atoms with Gasteiger partial charge in [-0.15, -0.1) is 0 Å². The summed E-state index contributed by atoms with van der Waals surface area (Å²) in [5.41, 5.74) is 0. The number of aryl methyl sites for hydroxylation is 1. The van der Waals surface area contributed by atoms with E-state index in [-0.39, 0.29) is 0 Å². The smallest absolute Gasteiger partial charge is 0.140 e. The van der Waals surface area contributed by atoms with E-state index in [1.165, 1.54) is 19.3 Å². The number of nitrogens with one attached hydrogen (secondary N) is 1. The third-order valence-electron chi connectivity index (χ3n) is 3.72. The SMILES string of the molecule is CCn1ncnc1CNC1CC(C)CC(C)C1. The van der Waals surface area contributed by atoms with Crippen LogP contribution in [0.4, 0.5) is 0 Å². The van der Waals surface area contributed by atoms with Gasteiger partial charge in [-0.2, -0.15) is 5.10 Å². The number of hydrogen-bond donors (Lipinski definition) is 1. The van der Waals surface area contributed by atoms with Crippen molar-refractivity contribution in [2.75, 3.05) is 0 Å². The topological polar surface area (TPSA) is 42.7 Å². The minimum absolute atomic E-state index is 0.649. The minimum Gasteiger partial charge on any atom is -0.307 e. The Morgan fingerprint density at radius 3 is 2.65 bits per heavy atom. The molecule has 0 aliphatic heterocycles. The van der Waals surface area contributed by atoms with E-state index in [1.807, 2.05) is 4.68 Å². The number of aromatic nitrogens is 3. The van der Waals surface area contributed by atoms with Crippen LogP contribution in [-0.4, -0.2) is 20.8 Å². The van der Waals surface area contributed by atoms with Gasteiger partial charge < -0.3 is 5.32 Å². The molecule has 0 radical (unpaired) electrons. The van der Waals surface area contributed by atoms with E-state index >= 15 is 0 Å². The highest BCUT2D eigenvalue weighted by atomic mass is 15.3. The first-order chi connectivity index (χ1) is 8.19. The summed E-state index contributed by atoms with van der Waals surface area (Å²) in [7, 11) is 0. The van der Waals surface area contributed by atoms with Gasteiger partial charge in [0.05, 0.1) is 6.54 Å². The molecular weight excluding hydrogens is 212 g/mol. The van der Waals surface area contributed by atoms with Crippen LogP contribution in [0.3, 0.4) is 0 Å². The molecule has 1 N–H and O–H groups in total. The molecule has 0 saturated heterocycles. The van der Waals surface area contributed by atoms with Crippen molar-refractivity contribution in [2.45, 2.75) is 59.2 Å². The van der Waals surface area contributed by atoms with Crippen LogP contribution in [0.1, 0.15) is 45.9 Å². The molecule has 2 unspecified atom stereocenters. The summed E-state index contributed by atoms with van der Waals surface area (Å²) in [6.45, 7) is 8.56. The van der Waals surface area contributed by atoms with Gasteiger partial charge in [0.25, 0.3) is 0 Å². The molecule has 0 bridgehead atoms. The highest BCUT2D eigenvalue weighted by Gasteiger charge is 2.23. The Morgan fingerprint density at radius 2 is 2.00 bits per heavy atom. The molecular formula is C13H24N4. The monoisotopic (exact) mass is 236 g/mol. The van der Waals surface area contributed by atoms with E-state index in [0.717, 1.165) is 30.7 Å². The van der Waals surface area contributed by atoms with Gasteiger partial charge in [-0.25, -0.2) is 9.67 Å². The van der Waals surface area contributed by atoms with Crippen molar-refractivity contribution in [2.24, 2.45) is 11.8 Å². The fourth-order valence-corrected chi connectivity index (χ4v) is 3.04. The van der Waals surface area contributed by atoms with Gasteiger partial charge >= 0.3 is 0 Å². The summed E-state index contributed by atoms with van der Waals surface area (Å²) in [6, 6.07) is 0.649. The fraction of sp³-hybridized carbons (Fsp3) is 0.846. The molecule has 1 aromatic rings. The van der Waals surface area contributed by atoms with Crippen LogP contribution in [0.2, 0.25) is 0 Å². The number of hydrogen-bond acceptors (Lipinski definition) is 3. The maximum absolute atomic E-state index is 4.30. The van der Waals surface area contributed by atoms with Crippen molar-refractivity contribution >= 4 is 0 Å². The molecule has 1 heterocycles. The summed E-state index contributed by atoms with van der Waals surface area (Å²) in [6.07, 6.45) is 5.62. The van der Waals surface area contributed by atoms with Gasteiger partial charge in [-0.3, -0.25) is 0 Å². The average Bonchev–Trinajstić information content (AvgIpc) is 2.72. The minimum atomic E-state index is 0.649. The molecule has 2 atom stereocenters. The summed E-state index contributed by atoms with van der Waals surface area (Å²) in [5.74, 6) is 2.75. The van der Waals surface area contributed by atoms with Crippen molar-refractivity contribution in [1.82, 2.24) is 20.1 Å². The van der Waals surface area contributed by atoms with E-state index in [9.17, 15) is 0 Å². The highest BCUT2D eigenvalue weighted by molar-refractivity contribution is 4.87. The van der Waals surface area contributed by atoms with E-state index in [0.29, 0.717) is 6.04 Å². The van der Waals surface area contributed by atoms with Crippen LogP contribution in [0.5, 0.6) is 0 Å². The van der Waals surface area contributed by atoms with Crippen LogP contribution >= 0.6 is 0 Å². The van der Waals surface area contributed by atoms with E-state index < -0.39 is 0 Å². The Labute approximate surface area is 104 Å². The van der Waals surface area contributed by atoms with E-state index in [1.54, 1.807) is 6.33 Å². The third-order valence-corrected chi connectivity index (χ3v) is 3.72. The number of rotatable bonds is 4. The van der Waals surface area contributed by atoms with Crippen molar-refractivity contribution < 1.29 is 0 Å². The fourth-order valence-electron chi connectivity index (χ4n) is 3.04. The zero-order chi connectivity index (χ0) is 12.3. The normalized spacial score (nSPS) is 29.5. The maximum atomic E-state index is 4.30. The predicted octanol–water partition coefficient (Wildman–Crippen LogP) is 2.21. The average molecular weight is 236 g/mol. The molecule has 4 heteroatoms. The molecule has 2 rings (SSSR count). The van der Waals surface area contributed by atoms with Gasteiger partial charge in [0.2, 0.25) is 0 Å². The summed E-state index contributed by atoms with van der Waals surface area (Å²) < 4.78 is 1.96. The third kappa shape index (κ3) is 3.28. The first-order valence-corrected chi connectivity index (χ1v) is 6.79. The Bertz CT molecular complexity index is 337. The second kappa shape index (κ2) is 5.63. The van der Waals surface area contributed by atoms with Crippen LogP contribution in [0, 0.1) is 11.8 Å². The van der Waals surface area contributed by atoms with E-state index in [2.05, 4.69) is 36.2 Å². The molecule has 17 heavy (non-hydrogen) atoms. The second-order valence-electron chi connectivity index (χ2n) is 5.49. The van der Waals surface area contributed by atoms with Crippen LogP contribution < -0.4 is 5.32 Å². The van der Waals surface area contributed by atoms with Crippen LogP contribution in [-0.2, 0) is 13.1 Å². The molecule has 1 aliphatic rings. The Hall–Kier alpha value is -0.900. The molecule has 0 spiro atoms. The molecule has 1 aromatic heterocycles. The summed E-state index contributed by atoms with van der Waals surface area (Å²) >= 11 is 0. The Kier molecular flexibility index (Phi) is 4.15. The molecule has 96 valence electrons. The lowest BCUT2D eigenvalue weighted by Crippen LogP contribution is -2.36. The van der Waals surface area contributed by atoms with Crippen molar-refractivity contribution in [1.29, 1.82) is 0 Å². The lowest BCUT2D eigenvalue weighted by atomic mass is 9.80. The first kappa shape index (κ1) is 12.6. The summed E-state index contributed by atoms with van der Waals surface area (Å²) in [5, 5.41) is 7.83. The Balaban J connectivity index is 1.85. The van der Waals surface area contributed by atoms with Crippen molar-refractivity contribution in [3.8, 4) is 0 Å². The predicted molar refractivity (Wildman–Crippen MR) is 68.5 cm³/mol. The van der Waals surface area contributed by atoms with Gasteiger partial charge in [0, 0.05) is 12.6 Å². The second-order valence-corrected chi connectivity index (χ2v) is 5.49. The lowest BCUT2D eigenvalue weighted by molar-refractivity contribution is 0.236. The number of nitrogens with zero attached hydrogens (tertiary/aromatic N) is 3. The molecule has 1 aliphatic carbocycles. The van der Waals surface area contributed by atoms with Crippen LogP contribution in [0.15, 0.2) is 6.33 Å². The molecule has 0 amide bonds. The molecule has 1 fully saturated rings. The quantitative estimate of drug-likeness (QED) is 0.871. The van der Waals surface area contributed by atoms with Crippen LogP contribution in [0.25, 0.3) is 0 Å². The molecule has 4 nitrogen and oxygen atoms in total. The zero-order valence-corrected chi connectivity index (χ0v) is 11.2. The Morgan fingerprint density at radius 1 is 1.29 bits per heavy atom. The van der Waals surface area contributed by atoms with Crippen molar-refractivity contribution in [3.63, 3.8) is 0 Å². The van der Waals surface area contributed by atoms with Gasteiger partial charge in [-0.05, 0) is 38.0 Å². The van der Waals surface area contributed by atoms with E-state index in [4.69, 9.17) is 0 Å². The highest BCUT2D eigenvalue weighted by Crippen LogP contribution is 2.28. The first-order valence-electron chi connectivity index (χ1n) is 6.79. The standard InChI is InChI=1S/C13H24N4/c1-4-17-13(15-9-16-17)8-14-12-6-10(2)5-11(3)7-12/h9-12,14H,4-8H2,1-3H3.